The largest absolute Gasteiger partial charge is 0.304 e. The maximum absolute atomic E-state index is 2.71. The first-order valence-electron chi connectivity index (χ1n) is 7.20. The predicted molar refractivity (Wildman–Crippen MR) is 75.5 cm³/mol. The fourth-order valence-electron chi connectivity index (χ4n) is 4.00. The summed E-state index contributed by atoms with van der Waals surface area (Å²) >= 11 is 0. The zero-order valence-corrected chi connectivity index (χ0v) is 11.6. The summed E-state index contributed by atoms with van der Waals surface area (Å²) in [6, 6.07) is 11.7. The van der Waals surface area contributed by atoms with Gasteiger partial charge in [0.15, 0.2) is 0 Å². The molecule has 2 fully saturated rings. The number of likely N-dealkylation sites (tertiary alicyclic amines) is 2. The van der Waals surface area contributed by atoms with Crippen LogP contribution in [-0.4, -0.2) is 42.5 Å². The van der Waals surface area contributed by atoms with Gasteiger partial charge in [-0.1, -0.05) is 37.3 Å². The molecule has 0 saturated carbocycles. The molecule has 18 heavy (non-hydrogen) atoms. The zero-order chi connectivity index (χ0) is 12.6. The summed E-state index contributed by atoms with van der Waals surface area (Å²) < 4.78 is 0. The van der Waals surface area contributed by atoms with Crippen LogP contribution in [0.4, 0.5) is 0 Å². The summed E-state index contributed by atoms with van der Waals surface area (Å²) in [5.41, 5.74) is 2.03. The lowest BCUT2D eigenvalue weighted by Gasteiger charge is -2.30. The summed E-state index contributed by atoms with van der Waals surface area (Å²) in [6.07, 6.45) is 2.71. The first-order chi connectivity index (χ1) is 8.73. The van der Waals surface area contributed by atoms with Gasteiger partial charge in [-0.2, -0.15) is 0 Å². The molecule has 1 aromatic carbocycles. The molecule has 2 atom stereocenters. The Kier molecular flexibility index (Phi) is 3.16. The molecular weight excluding hydrogens is 220 g/mol. The third kappa shape index (κ3) is 1.98. The molecule has 3 rings (SSSR count). The van der Waals surface area contributed by atoms with Gasteiger partial charge in [-0.05, 0) is 32.0 Å². The number of hydrogen-bond donors (Lipinski definition) is 0. The minimum atomic E-state index is 0.573. The molecule has 0 aliphatic carbocycles. The van der Waals surface area contributed by atoms with Gasteiger partial charge in [-0.3, -0.25) is 4.90 Å². The maximum atomic E-state index is 2.71. The second-order valence-electron chi connectivity index (χ2n) is 6.13. The summed E-state index contributed by atoms with van der Waals surface area (Å²) in [6.45, 7) is 7.32. The van der Waals surface area contributed by atoms with Crippen LogP contribution in [0.3, 0.4) is 0 Å². The fourth-order valence-corrected chi connectivity index (χ4v) is 4.00. The van der Waals surface area contributed by atoms with Gasteiger partial charge in [-0.25, -0.2) is 0 Å². The topological polar surface area (TPSA) is 6.48 Å². The van der Waals surface area contributed by atoms with E-state index in [2.05, 4.69) is 54.1 Å². The van der Waals surface area contributed by atoms with E-state index in [1.807, 2.05) is 0 Å². The monoisotopic (exact) mass is 244 g/mol. The van der Waals surface area contributed by atoms with E-state index in [0.29, 0.717) is 5.41 Å². The van der Waals surface area contributed by atoms with E-state index in [9.17, 15) is 0 Å². The molecule has 0 N–H and O–H groups in total. The second-order valence-corrected chi connectivity index (χ2v) is 6.13. The lowest BCUT2D eigenvalue weighted by atomic mass is 9.80. The molecule has 0 spiro atoms. The molecule has 0 amide bonds. The van der Waals surface area contributed by atoms with Gasteiger partial charge < -0.3 is 4.90 Å². The molecule has 2 aliphatic rings. The molecule has 2 nitrogen and oxygen atoms in total. The van der Waals surface area contributed by atoms with Gasteiger partial charge in [-0.15, -0.1) is 0 Å². The van der Waals surface area contributed by atoms with Crippen molar-refractivity contribution in [2.45, 2.75) is 32.4 Å². The van der Waals surface area contributed by atoms with Crippen LogP contribution in [-0.2, 0) is 6.54 Å². The van der Waals surface area contributed by atoms with Crippen LogP contribution < -0.4 is 0 Å². The Bertz CT molecular complexity index is 403. The highest BCUT2D eigenvalue weighted by molar-refractivity contribution is 5.16. The van der Waals surface area contributed by atoms with E-state index in [1.54, 1.807) is 0 Å². The average Bonchev–Trinajstić information content (AvgIpc) is 2.88. The van der Waals surface area contributed by atoms with Crippen molar-refractivity contribution >= 4 is 0 Å². The van der Waals surface area contributed by atoms with Crippen molar-refractivity contribution in [3.8, 4) is 0 Å². The lowest BCUT2D eigenvalue weighted by Crippen LogP contribution is -2.38. The predicted octanol–water partition coefficient (Wildman–Crippen LogP) is 2.60. The van der Waals surface area contributed by atoms with E-state index >= 15 is 0 Å². The van der Waals surface area contributed by atoms with Crippen molar-refractivity contribution in [2.24, 2.45) is 5.41 Å². The highest BCUT2D eigenvalue weighted by Crippen LogP contribution is 2.45. The second kappa shape index (κ2) is 4.67. The van der Waals surface area contributed by atoms with Crippen molar-refractivity contribution in [1.82, 2.24) is 9.80 Å². The number of nitrogens with zero attached hydrogens (tertiary/aromatic N) is 2. The van der Waals surface area contributed by atoms with Crippen molar-refractivity contribution in [2.75, 3.05) is 26.7 Å². The Morgan fingerprint density at radius 3 is 2.78 bits per heavy atom. The molecule has 98 valence electrons. The number of hydrogen-bond acceptors (Lipinski definition) is 2. The maximum Gasteiger partial charge on any atom is 0.0295 e. The third-order valence-corrected chi connectivity index (χ3v) is 5.05. The Balaban J connectivity index is 1.75. The molecule has 2 saturated heterocycles. The van der Waals surface area contributed by atoms with Gasteiger partial charge >= 0.3 is 0 Å². The van der Waals surface area contributed by atoms with Gasteiger partial charge in [0.05, 0.1) is 0 Å². The molecular formula is C16H24N2. The van der Waals surface area contributed by atoms with Gasteiger partial charge in [0, 0.05) is 31.1 Å². The Morgan fingerprint density at radius 2 is 2.06 bits per heavy atom. The van der Waals surface area contributed by atoms with E-state index in [4.69, 9.17) is 0 Å². The molecule has 2 heterocycles. The smallest absolute Gasteiger partial charge is 0.0295 e. The molecule has 1 aromatic rings. The first-order valence-corrected chi connectivity index (χ1v) is 7.20. The van der Waals surface area contributed by atoms with Crippen molar-refractivity contribution in [3.05, 3.63) is 35.9 Å². The Labute approximate surface area is 111 Å². The van der Waals surface area contributed by atoms with Crippen LogP contribution >= 0.6 is 0 Å². The fraction of sp³-hybridized carbons (Fsp3) is 0.625. The minimum absolute atomic E-state index is 0.573. The van der Waals surface area contributed by atoms with E-state index < -0.39 is 0 Å². The van der Waals surface area contributed by atoms with Crippen molar-refractivity contribution < 1.29 is 0 Å². The third-order valence-electron chi connectivity index (χ3n) is 5.05. The van der Waals surface area contributed by atoms with Crippen LogP contribution in [0.1, 0.15) is 25.3 Å². The standard InChI is InChI=1S/C16H24N2/c1-3-16-9-10-18(15(16)12-17(2)13-16)11-14-7-5-4-6-8-14/h4-8,15H,3,9-13H2,1-2H3. The van der Waals surface area contributed by atoms with Gasteiger partial charge in [0.1, 0.15) is 0 Å². The number of fused-ring (bicyclic) bond motifs is 1. The lowest BCUT2D eigenvalue weighted by molar-refractivity contribution is 0.190. The van der Waals surface area contributed by atoms with Crippen molar-refractivity contribution in [3.63, 3.8) is 0 Å². The quantitative estimate of drug-likeness (QED) is 0.806. The first kappa shape index (κ1) is 12.2. The normalized spacial score (nSPS) is 32.9. The number of likely N-dealkylation sites (N-methyl/N-ethyl adjacent to an activating group) is 1. The minimum Gasteiger partial charge on any atom is -0.304 e. The van der Waals surface area contributed by atoms with E-state index in [0.717, 1.165) is 12.6 Å². The summed E-state index contributed by atoms with van der Waals surface area (Å²) in [7, 11) is 2.27. The molecule has 2 unspecified atom stereocenters. The summed E-state index contributed by atoms with van der Waals surface area (Å²) in [5, 5.41) is 0. The molecule has 2 heteroatoms. The highest BCUT2D eigenvalue weighted by Gasteiger charge is 2.50. The van der Waals surface area contributed by atoms with E-state index in [1.165, 1.54) is 38.0 Å². The van der Waals surface area contributed by atoms with Crippen LogP contribution in [0.5, 0.6) is 0 Å². The average molecular weight is 244 g/mol. The Morgan fingerprint density at radius 1 is 1.28 bits per heavy atom. The number of benzene rings is 1. The summed E-state index contributed by atoms with van der Waals surface area (Å²) in [4.78, 5) is 5.23. The molecule has 0 bridgehead atoms. The molecule has 0 radical (unpaired) electrons. The van der Waals surface area contributed by atoms with Crippen LogP contribution in [0.25, 0.3) is 0 Å². The highest BCUT2D eigenvalue weighted by atomic mass is 15.3. The van der Waals surface area contributed by atoms with Gasteiger partial charge in [0.25, 0.3) is 0 Å². The molecule has 2 aliphatic heterocycles. The SMILES string of the molecule is CCC12CCN(Cc3ccccc3)C1CN(C)C2. The van der Waals surface area contributed by atoms with Crippen LogP contribution in [0.15, 0.2) is 30.3 Å². The van der Waals surface area contributed by atoms with E-state index in [-0.39, 0.29) is 0 Å². The zero-order valence-electron chi connectivity index (χ0n) is 11.6. The van der Waals surface area contributed by atoms with Crippen LogP contribution in [0.2, 0.25) is 0 Å². The van der Waals surface area contributed by atoms with Crippen molar-refractivity contribution in [1.29, 1.82) is 0 Å². The van der Waals surface area contributed by atoms with Crippen LogP contribution in [0, 0.1) is 5.41 Å². The number of rotatable bonds is 3. The molecule has 0 aromatic heterocycles. The summed E-state index contributed by atoms with van der Waals surface area (Å²) in [5.74, 6) is 0. The Hall–Kier alpha value is -0.860. The van der Waals surface area contributed by atoms with Gasteiger partial charge in [0.2, 0.25) is 0 Å².